The van der Waals surface area contributed by atoms with Crippen molar-refractivity contribution >= 4 is 0 Å². The van der Waals surface area contributed by atoms with Crippen LogP contribution in [0.4, 0.5) is 0 Å². The van der Waals surface area contributed by atoms with Gasteiger partial charge in [0.2, 0.25) is 0 Å². The van der Waals surface area contributed by atoms with Crippen molar-refractivity contribution in [3.05, 3.63) is 11.6 Å². The molecule has 4 aliphatic carbocycles. The van der Waals surface area contributed by atoms with Crippen molar-refractivity contribution in [2.24, 2.45) is 28.6 Å². The Bertz CT molecular complexity index is 636. The number of allylic oxidation sites excluding steroid dienone is 1. The maximum absolute atomic E-state index is 11.0. The summed E-state index contributed by atoms with van der Waals surface area (Å²) in [6.45, 7) is 2.16. The van der Waals surface area contributed by atoms with Crippen LogP contribution in [0.1, 0.15) is 51.9 Å². The van der Waals surface area contributed by atoms with Gasteiger partial charge in [0, 0.05) is 10.8 Å². The molecule has 4 heteroatoms. The van der Waals surface area contributed by atoms with E-state index >= 15 is 0 Å². The molecule has 4 N–H and O–H groups in total. The van der Waals surface area contributed by atoms with Crippen LogP contribution < -0.4 is 0 Å². The number of aliphatic hydroxyl groups is 4. The van der Waals surface area contributed by atoms with Gasteiger partial charge in [0.15, 0.2) is 5.60 Å². The highest BCUT2D eigenvalue weighted by molar-refractivity contribution is 5.31. The van der Waals surface area contributed by atoms with Gasteiger partial charge < -0.3 is 20.4 Å². The fourth-order valence-corrected chi connectivity index (χ4v) is 7.01. The minimum atomic E-state index is -1.46. The Morgan fingerprint density at radius 3 is 2.68 bits per heavy atom. The van der Waals surface area contributed by atoms with Crippen LogP contribution in [-0.4, -0.2) is 44.8 Å². The second-order valence-electron chi connectivity index (χ2n) is 9.17. The van der Waals surface area contributed by atoms with Crippen LogP contribution in [0.5, 0.6) is 0 Å². The summed E-state index contributed by atoms with van der Waals surface area (Å²) in [6.07, 6.45) is 12.0. The number of terminal acetylenes is 1. The van der Waals surface area contributed by atoms with Crippen LogP contribution in [0.15, 0.2) is 11.6 Å². The summed E-state index contributed by atoms with van der Waals surface area (Å²) in [5.41, 5.74) is -0.935. The van der Waals surface area contributed by atoms with Gasteiger partial charge in [0.1, 0.15) is 0 Å². The standard InChI is InChI=1S/C21H30O4/c1-3-21(25)18(24)11-17-15-5-4-13-10-14(23)6-9-20(13,12-22)16(15)7-8-19(17,21)2/h1,4,14-18,22-25H,5-12H2,2H3/t14-,15?,16?,17?,18-,19-,20+,21-/m0/s1. The molecule has 3 fully saturated rings. The molecule has 138 valence electrons. The second kappa shape index (κ2) is 5.57. The first kappa shape index (κ1) is 17.5. The first-order valence-corrected chi connectivity index (χ1v) is 9.69. The van der Waals surface area contributed by atoms with Crippen molar-refractivity contribution in [2.75, 3.05) is 6.61 Å². The van der Waals surface area contributed by atoms with Gasteiger partial charge >= 0.3 is 0 Å². The largest absolute Gasteiger partial charge is 0.395 e. The molecule has 8 atom stereocenters. The highest BCUT2D eigenvalue weighted by Gasteiger charge is 2.67. The van der Waals surface area contributed by atoms with Crippen molar-refractivity contribution in [1.29, 1.82) is 0 Å². The normalized spacial score (nSPS) is 54.7. The second-order valence-corrected chi connectivity index (χ2v) is 9.17. The van der Waals surface area contributed by atoms with Gasteiger partial charge in [-0.1, -0.05) is 24.5 Å². The van der Waals surface area contributed by atoms with Crippen LogP contribution in [0, 0.1) is 40.9 Å². The highest BCUT2D eigenvalue weighted by Crippen LogP contribution is 2.66. The maximum Gasteiger partial charge on any atom is 0.156 e. The quantitative estimate of drug-likeness (QED) is 0.430. The molecular weight excluding hydrogens is 316 g/mol. The molecule has 4 rings (SSSR count). The minimum absolute atomic E-state index is 0.123. The lowest BCUT2D eigenvalue weighted by Gasteiger charge is -2.58. The topological polar surface area (TPSA) is 80.9 Å². The zero-order valence-corrected chi connectivity index (χ0v) is 15.0. The SMILES string of the molecule is C#C[C@]1(O)[C@@H](O)CC2C3CC=C4C[C@@H](O)CC[C@]4(CO)C3CC[C@@]21C. The van der Waals surface area contributed by atoms with E-state index < -0.39 is 17.1 Å². The van der Waals surface area contributed by atoms with Gasteiger partial charge in [-0.25, -0.2) is 0 Å². The Kier molecular flexibility index (Phi) is 3.91. The van der Waals surface area contributed by atoms with E-state index in [0.29, 0.717) is 24.7 Å². The average Bonchev–Trinajstić information content (AvgIpc) is 2.82. The fourth-order valence-electron chi connectivity index (χ4n) is 7.01. The first-order chi connectivity index (χ1) is 11.8. The summed E-state index contributed by atoms with van der Waals surface area (Å²) in [4.78, 5) is 0. The minimum Gasteiger partial charge on any atom is -0.395 e. The van der Waals surface area contributed by atoms with Gasteiger partial charge in [-0.2, -0.15) is 0 Å². The molecule has 0 spiro atoms. The number of fused-ring (bicyclic) bond motifs is 5. The Morgan fingerprint density at radius 1 is 1.24 bits per heavy atom. The number of hydrogen-bond acceptors (Lipinski definition) is 4. The van der Waals surface area contributed by atoms with E-state index in [4.69, 9.17) is 6.42 Å². The van der Waals surface area contributed by atoms with E-state index in [1.54, 1.807) is 0 Å². The summed E-state index contributed by atoms with van der Waals surface area (Å²) in [6, 6.07) is 0. The molecule has 3 unspecified atom stereocenters. The molecule has 0 saturated heterocycles. The molecule has 25 heavy (non-hydrogen) atoms. The monoisotopic (exact) mass is 346 g/mol. The molecule has 0 heterocycles. The van der Waals surface area contributed by atoms with Crippen molar-refractivity contribution in [3.63, 3.8) is 0 Å². The summed E-state index contributed by atoms with van der Waals surface area (Å²) >= 11 is 0. The van der Waals surface area contributed by atoms with E-state index in [0.717, 1.165) is 32.1 Å². The van der Waals surface area contributed by atoms with Crippen molar-refractivity contribution in [2.45, 2.75) is 69.7 Å². The van der Waals surface area contributed by atoms with Crippen molar-refractivity contribution < 1.29 is 20.4 Å². The lowest BCUT2D eigenvalue weighted by molar-refractivity contribution is -0.125. The van der Waals surface area contributed by atoms with Gasteiger partial charge in [0.05, 0.1) is 18.8 Å². The predicted molar refractivity (Wildman–Crippen MR) is 94.3 cm³/mol. The Labute approximate surface area is 150 Å². The molecule has 0 bridgehead atoms. The van der Waals surface area contributed by atoms with E-state index in [1.807, 2.05) is 6.92 Å². The number of aliphatic hydroxyl groups excluding tert-OH is 3. The Hall–Kier alpha value is -0.860. The molecule has 0 aromatic heterocycles. The summed E-state index contributed by atoms with van der Waals surface area (Å²) in [5, 5.41) is 42.0. The van der Waals surface area contributed by atoms with E-state index in [1.165, 1.54) is 5.57 Å². The molecule has 0 aromatic carbocycles. The Balaban J connectivity index is 1.74. The molecule has 0 amide bonds. The first-order valence-electron chi connectivity index (χ1n) is 9.69. The third kappa shape index (κ3) is 2.04. The van der Waals surface area contributed by atoms with Crippen LogP contribution in [0.25, 0.3) is 0 Å². The summed E-state index contributed by atoms with van der Waals surface area (Å²) < 4.78 is 0. The molecule has 0 aliphatic heterocycles. The van der Waals surface area contributed by atoms with Crippen LogP contribution >= 0.6 is 0 Å². The third-order valence-electron chi connectivity index (χ3n) is 8.52. The van der Waals surface area contributed by atoms with Gasteiger partial charge in [-0.05, 0) is 62.7 Å². The predicted octanol–water partition coefficient (Wildman–Crippen LogP) is 1.62. The summed E-state index contributed by atoms with van der Waals surface area (Å²) in [7, 11) is 0. The molecule has 0 radical (unpaired) electrons. The summed E-state index contributed by atoms with van der Waals surface area (Å²) in [5.74, 6) is 3.35. The van der Waals surface area contributed by atoms with Gasteiger partial charge in [-0.3, -0.25) is 0 Å². The lowest BCUT2D eigenvalue weighted by atomic mass is 9.46. The smallest absolute Gasteiger partial charge is 0.156 e. The maximum atomic E-state index is 11.0. The number of hydrogen-bond donors (Lipinski definition) is 4. The Morgan fingerprint density at radius 2 is 2.00 bits per heavy atom. The molecule has 0 aromatic rings. The van der Waals surface area contributed by atoms with Crippen molar-refractivity contribution in [3.8, 4) is 12.3 Å². The van der Waals surface area contributed by atoms with Crippen molar-refractivity contribution in [1.82, 2.24) is 0 Å². The van der Waals surface area contributed by atoms with E-state index in [9.17, 15) is 20.4 Å². The van der Waals surface area contributed by atoms with E-state index in [-0.39, 0.29) is 24.0 Å². The van der Waals surface area contributed by atoms with Gasteiger partial charge in [-0.15, -0.1) is 6.42 Å². The van der Waals surface area contributed by atoms with E-state index in [2.05, 4.69) is 12.0 Å². The van der Waals surface area contributed by atoms with Gasteiger partial charge in [0.25, 0.3) is 0 Å². The highest BCUT2D eigenvalue weighted by atomic mass is 16.3. The van der Waals surface area contributed by atoms with Crippen LogP contribution in [-0.2, 0) is 0 Å². The number of rotatable bonds is 1. The molecule has 4 nitrogen and oxygen atoms in total. The third-order valence-corrected chi connectivity index (χ3v) is 8.52. The fraction of sp³-hybridized carbons (Fsp3) is 0.810. The average molecular weight is 346 g/mol. The molecular formula is C21H30O4. The van der Waals surface area contributed by atoms with Crippen LogP contribution in [0.2, 0.25) is 0 Å². The zero-order chi connectivity index (χ0) is 18.0. The van der Waals surface area contributed by atoms with Crippen LogP contribution in [0.3, 0.4) is 0 Å². The zero-order valence-electron chi connectivity index (χ0n) is 15.0. The molecule has 3 saturated carbocycles. The lowest BCUT2D eigenvalue weighted by Crippen LogP contribution is -2.57. The molecule has 4 aliphatic rings.